The Bertz CT molecular complexity index is 430. The molecule has 1 aliphatic rings. The van der Waals surface area contributed by atoms with Crippen molar-refractivity contribution in [1.29, 1.82) is 0 Å². The van der Waals surface area contributed by atoms with Crippen LogP contribution in [0.2, 0.25) is 5.02 Å². The van der Waals surface area contributed by atoms with Gasteiger partial charge in [0, 0.05) is 25.2 Å². The molecule has 1 aromatic rings. The summed E-state index contributed by atoms with van der Waals surface area (Å²) in [5.41, 5.74) is 0.905. The van der Waals surface area contributed by atoms with Crippen molar-refractivity contribution >= 4 is 17.5 Å². The van der Waals surface area contributed by atoms with E-state index in [4.69, 9.17) is 11.6 Å². The molecule has 0 N–H and O–H groups in total. The number of carbonyl (C=O) groups excluding carboxylic acids is 1. The van der Waals surface area contributed by atoms with Gasteiger partial charge in [0.05, 0.1) is 6.42 Å². The lowest BCUT2D eigenvalue weighted by molar-refractivity contribution is -0.129. The van der Waals surface area contributed by atoms with Crippen LogP contribution in [0.5, 0.6) is 0 Å². The van der Waals surface area contributed by atoms with Gasteiger partial charge < -0.3 is 9.80 Å². The van der Waals surface area contributed by atoms with Crippen molar-refractivity contribution in [1.82, 2.24) is 9.80 Å². The minimum atomic E-state index is 0.132. The van der Waals surface area contributed by atoms with Gasteiger partial charge in [0.15, 0.2) is 0 Å². The van der Waals surface area contributed by atoms with Gasteiger partial charge in [0.1, 0.15) is 0 Å². The predicted molar refractivity (Wildman–Crippen MR) is 78.5 cm³/mol. The average Bonchev–Trinajstić information content (AvgIpc) is 2.91. The first-order valence-electron chi connectivity index (χ1n) is 6.86. The molecule has 2 rings (SSSR count). The van der Waals surface area contributed by atoms with Crippen molar-refractivity contribution in [3.8, 4) is 0 Å². The largest absolute Gasteiger partial charge is 0.344 e. The van der Waals surface area contributed by atoms with E-state index in [1.165, 1.54) is 25.9 Å². The summed E-state index contributed by atoms with van der Waals surface area (Å²) in [4.78, 5) is 16.3. The molecule has 0 aliphatic carbocycles. The third kappa shape index (κ3) is 4.22. The molecule has 1 aromatic carbocycles. The molecular weight excluding hydrogens is 260 g/mol. The molecule has 1 fully saturated rings. The Kier molecular flexibility index (Phi) is 5.23. The predicted octanol–water partition coefficient (Wildman–Crippen LogP) is 2.44. The Morgan fingerprint density at radius 3 is 2.68 bits per heavy atom. The summed E-state index contributed by atoms with van der Waals surface area (Å²) in [7, 11) is 1.87. The maximum absolute atomic E-state index is 12.1. The summed E-state index contributed by atoms with van der Waals surface area (Å²) in [6.45, 7) is 4.12. The Labute approximate surface area is 120 Å². The van der Waals surface area contributed by atoms with Crippen molar-refractivity contribution in [2.75, 3.05) is 33.2 Å². The van der Waals surface area contributed by atoms with Crippen molar-refractivity contribution in [3.05, 3.63) is 34.9 Å². The molecule has 19 heavy (non-hydrogen) atoms. The third-order valence-electron chi connectivity index (χ3n) is 3.68. The summed E-state index contributed by atoms with van der Waals surface area (Å²) in [6, 6.07) is 7.54. The number of hydrogen-bond acceptors (Lipinski definition) is 2. The fraction of sp³-hybridized carbons (Fsp3) is 0.533. The lowest BCUT2D eigenvalue weighted by Gasteiger charge is -2.21. The van der Waals surface area contributed by atoms with Gasteiger partial charge in [-0.05, 0) is 37.6 Å². The van der Waals surface area contributed by atoms with Crippen molar-refractivity contribution in [2.45, 2.75) is 19.3 Å². The minimum absolute atomic E-state index is 0.132. The highest BCUT2D eigenvalue weighted by Gasteiger charge is 2.15. The van der Waals surface area contributed by atoms with Crippen molar-refractivity contribution in [3.63, 3.8) is 0 Å². The number of rotatable bonds is 5. The molecule has 0 spiro atoms. The van der Waals surface area contributed by atoms with Gasteiger partial charge >= 0.3 is 0 Å². The summed E-state index contributed by atoms with van der Waals surface area (Å²) in [5.74, 6) is 0.132. The number of likely N-dealkylation sites (tertiary alicyclic amines) is 1. The number of amides is 1. The van der Waals surface area contributed by atoms with Gasteiger partial charge in [0.2, 0.25) is 5.91 Å². The second kappa shape index (κ2) is 6.92. The van der Waals surface area contributed by atoms with Crippen LogP contribution in [0.3, 0.4) is 0 Å². The second-order valence-electron chi connectivity index (χ2n) is 5.13. The van der Waals surface area contributed by atoms with E-state index in [0.717, 1.165) is 18.7 Å². The number of carbonyl (C=O) groups is 1. The van der Waals surface area contributed by atoms with E-state index in [9.17, 15) is 4.79 Å². The Balaban J connectivity index is 1.80. The monoisotopic (exact) mass is 280 g/mol. The highest BCUT2D eigenvalue weighted by atomic mass is 35.5. The normalized spacial score (nSPS) is 15.7. The SMILES string of the molecule is CN(CCN1CCCC1)C(=O)Cc1ccccc1Cl. The minimum Gasteiger partial charge on any atom is -0.344 e. The summed E-state index contributed by atoms with van der Waals surface area (Å²) < 4.78 is 0. The van der Waals surface area contributed by atoms with Gasteiger partial charge in [-0.1, -0.05) is 29.8 Å². The maximum atomic E-state index is 12.1. The van der Waals surface area contributed by atoms with Crippen LogP contribution in [0.1, 0.15) is 18.4 Å². The maximum Gasteiger partial charge on any atom is 0.226 e. The molecule has 1 saturated heterocycles. The molecular formula is C15H21ClN2O. The molecule has 0 saturated carbocycles. The molecule has 1 amide bonds. The van der Waals surface area contributed by atoms with E-state index in [0.29, 0.717) is 11.4 Å². The molecule has 0 aromatic heterocycles. The average molecular weight is 281 g/mol. The lowest BCUT2D eigenvalue weighted by Crippen LogP contribution is -2.36. The van der Waals surface area contributed by atoms with Gasteiger partial charge in [-0.15, -0.1) is 0 Å². The topological polar surface area (TPSA) is 23.6 Å². The number of benzene rings is 1. The van der Waals surface area contributed by atoms with Crippen LogP contribution >= 0.6 is 11.6 Å². The number of likely N-dealkylation sites (N-methyl/N-ethyl adjacent to an activating group) is 1. The third-order valence-corrected chi connectivity index (χ3v) is 4.04. The fourth-order valence-corrected chi connectivity index (χ4v) is 2.56. The summed E-state index contributed by atoms with van der Waals surface area (Å²) >= 11 is 6.07. The molecule has 0 unspecified atom stereocenters. The van der Waals surface area contributed by atoms with Crippen LogP contribution in [-0.2, 0) is 11.2 Å². The summed E-state index contributed by atoms with van der Waals surface area (Å²) in [5, 5.41) is 0.670. The zero-order valence-corrected chi connectivity index (χ0v) is 12.2. The second-order valence-corrected chi connectivity index (χ2v) is 5.54. The highest BCUT2D eigenvalue weighted by molar-refractivity contribution is 6.31. The van der Waals surface area contributed by atoms with E-state index in [2.05, 4.69) is 4.90 Å². The molecule has 0 radical (unpaired) electrons. The molecule has 1 heterocycles. The summed E-state index contributed by atoms with van der Waals surface area (Å²) in [6.07, 6.45) is 2.96. The van der Waals surface area contributed by atoms with Crippen LogP contribution in [-0.4, -0.2) is 48.9 Å². The molecule has 104 valence electrons. The van der Waals surface area contributed by atoms with Crippen LogP contribution in [0.15, 0.2) is 24.3 Å². The Morgan fingerprint density at radius 2 is 2.00 bits per heavy atom. The molecule has 3 nitrogen and oxygen atoms in total. The quantitative estimate of drug-likeness (QED) is 0.827. The first-order valence-corrected chi connectivity index (χ1v) is 7.24. The molecule has 4 heteroatoms. The lowest BCUT2D eigenvalue weighted by atomic mass is 10.1. The first kappa shape index (κ1) is 14.4. The van der Waals surface area contributed by atoms with Crippen LogP contribution in [0.4, 0.5) is 0 Å². The highest BCUT2D eigenvalue weighted by Crippen LogP contribution is 2.16. The van der Waals surface area contributed by atoms with Gasteiger partial charge in [0.25, 0.3) is 0 Å². The van der Waals surface area contributed by atoms with E-state index < -0.39 is 0 Å². The number of nitrogens with zero attached hydrogens (tertiary/aromatic N) is 2. The van der Waals surface area contributed by atoms with Gasteiger partial charge in [-0.25, -0.2) is 0 Å². The molecule has 0 bridgehead atoms. The zero-order chi connectivity index (χ0) is 13.7. The zero-order valence-electron chi connectivity index (χ0n) is 11.4. The van der Waals surface area contributed by atoms with E-state index in [1.54, 1.807) is 0 Å². The van der Waals surface area contributed by atoms with Crippen LogP contribution in [0, 0.1) is 0 Å². The van der Waals surface area contributed by atoms with E-state index in [-0.39, 0.29) is 5.91 Å². The smallest absolute Gasteiger partial charge is 0.226 e. The van der Waals surface area contributed by atoms with Crippen molar-refractivity contribution < 1.29 is 4.79 Å². The Morgan fingerprint density at radius 1 is 1.32 bits per heavy atom. The fourth-order valence-electron chi connectivity index (χ4n) is 2.36. The number of hydrogen-bond donors (Lipinski definition) is 0. The van der Waals surface area contributed by atoms with E-state index >= 15 is 0 Å². The van der Waals surface area contributed by atoms with Gasteiger partial charge in [-0.2, -0.15) is 0 Å². The van der Waals surface area contributed by atoms with Crippen LogP contribution < -0.4 is 0 Å². The van der Waals surface area contributed by atoms with E-state index in [1.807, 2.05) is 36.2 Å². The Hall–Kier alpha value is -1.06. The first-order chi connectivity index (χ1) is 9.16. The van der Waals surface area contributed by atoms with Crippen LogP contribution in [0.25, 0.3) is 0 Å². The van der Waals surface area contributed by atoms with Crippen molar-refractivity contribution in [2.24, 2.45) is 0 Å². The molecule has 0 atom stereocenters. The number of halogens is 1. The van der Waals surface area contributed by atoms with Gasteiger partial charge in [-0.3, -0.25) is 4.79 Å². The standard InChI is InChI=1S/C15H21ClN2O/c1-17(10-11-18-8-4-5-9-18)15(19)12-13-6-2-3-7-14(13)16/h2-3,6-7H,4-5,8-12H2,1H3. The molecule has 1 aliphatic heterocycles.